The summed E-state index contributed by atoms with van der Waals surface area (Å²) in [7, 11) is 1.35. The lowest BCUT2D eigenvalue weighted by Crippen LogP contribution is -2.62. The fourth-order valence-corrected chi connectivity index (χ4v) is 5.96. The molecule has 0 amide bonds. The highest BCUT2D eigenvalue weighted by atomic mass is 16.7. The number of carbonyl (C=O) groups excluding carboxylic acids is 1. The summed E-state index contributed by atoms with van der Waals surface area (Å²) in [6, 6.07) is 11.1. The molecule has 3 heterocycles. The van der Waals surface area contributed by atoms with Crippen molar-refractivity contribution in [2.24, 2.45) is 0 Å². The summed E-state index contributed by atoms with van der Waals surface area (Å²) in [6.45, 7) is -1.30. The van der Waals surface area contributed by atoms with Gasteiger partial charge >= 0.3 is 5.97 Å². The zero-order valence-corrected chi connectivity index (χ0v) is 29.2. The molecule has 19 nitrogen and oxygen atoms in total. The molecule has 2 fully saturated rings. The number of carbonyl (C=O) groups is 1. The number of aliphatic hydroxyl groups excluding tert-OH is 6. The predicted molar refractivity (Wildman–Crippen MR) is 187 cm³/mol. The first-order valence-electron chi connectivity index (χ1n) is 16.9. The number of esters is 1. The summed E-state index contributed by atoms with van der Waals surface area (Å²) < 4.78 is 38.8. The Kier molecular flexibility index (Phi) is 12.0. The molecule has 0 unspecified atom stereocenters. The third-order valence-electron chi connectivity index (χ3n) is 9.05. The summed E-state index contributed by atoms with van der Waals surface area (Å²) in [4.78, 5) is 24.5. The number of benzene rings is 3. The first kappa shape index (κ1) is 40.2. The molecule has 6 rings (SSSR count). The van der Waals surface area contributed by atoms with Crippen molar-refractivity contribution in [1.82, 2.24) is 0 Å². The van der Waals surface area contributed by atoms with Gasteiger partial charge in [-0.1, -0.05) is 6.07 Å². The fourth-order valence-electron chi connectivity index (χ4n) is 5.96. The zero-order chi connectivity index (χ0) is 40.4. The molecular formula is C37H38O19. The van der Waals surface area contributed by atoms with E-state index < -0.39 is 103 Å². The molecule has 3 aliphatic heterocycles. The molecule has 0 radical (unpaired) electrons. The van der Waals surface area contributed by atoms with Crippen molar-refractivity contribution in [2.45, 2.75) is 61.4 Å². The van der Waals surface area contributed by atoms with Crippen LogP contribution in [0.15, 0.2) is 69.9 Å². The van der Waals surface area contributed by atoms with Crippen molar-refractivity contribution in [2.75, 3.05) is 20.3 Å². The predicted octanol–water partition coefficient (Wildman–Crippen LogP) is -0.490. The van der Waals surface area contributed by atoms with Crippen LogP contribution >= 0.6 is 0 Å². The standard InChI is InChI=1S/C37H38O19/c1-50-24-8-15(2-5-20(24)40)3-7-28(43)51-13-26-29(44)31(46)33(48)36(55-26)52-14-27-30(45)32(47)34(49)37(56-27)54-25-12-18-21(41)10-17(38)11-23(18)53-35(25)16-4-6-19(39)22(42)9-16/h2-12,26-27,29-34,36-37,39-42,44-49H,13-14H2,1H3/t26-,27-,29-,30-,31+,32+,33-,34-,36-,37-/m1/s1. The van der Waals surface area contributed by atoms with Gasteiger partial charge in [-0.2, -0.15) is 0 Å². The zero-order valence-electron chi connectivity index (χ0n) is 29.2. The quantitative estimate of drug-likeness (QED) is 0.0521. The molecule has 0 aromatic heterocycles. The monoisotopic (exact) mass is 786 g/mol. The minimum atomic E-state index is -1.93. The molecule has 2 aromatic rings. The number of aliphatic hydroxyl groups is 6. The maximum absolute atomic E-state index is 12.4. The molecule has 10 atom stereocenters. The van der Waals surface area contributed by atoms with E-state index in [-0.39, 0.29) is 39.9 Å². The summed E-state index contributed by atoms with van der Waals surface area (Å²) >= 11 is 0. The Morgan fingerprint density at radius 1 is 0.696 bits per heavy atom. The van der Waals surface area contributed by atoms with Crippen LogP contribution < -0.4 is 14.9 Å². The lowest BCUT2D eigenvalue weighted by atomic mass is 9.98. The minimum absolute atomic E-state index is 0.0180. The van der Waals surface area contributed by atoms with Gasteiger partial charge in [-0.25, -0.2) is 4.79 Å². The molecule has 10 N–H and O–H groups in total. The van der Waals surface area contributed by atoms with Crippen LogP contribution in [0.25, 0.3) is 28.7 Å². The van der Waals surface area contributed by atoms with E-state index in [1.54, 1.807) is 0 Å². The Morgan fingerprint density at radius 2 is 1.36 bits per heavy atom. The summed E-state index contributed by atoms with van der Waals surface area (Å²) in [5.41, 5.74) is -0.0357. The van der Waals surface area contributed by atoms with Crippen LogP contribution in [0, 0.1) is 0 Å². The summed E-state index contributed by atoms with van der Waals surface area (Å²) in [5, 5.41) is 104. The van der Waals surface area contributed by atoms with Gasteiger partial charge in [-0.05, 0) is 48.0 Å². The third kappa shape index (κ3) is 8.50. The number of fused-ring (bicyclic) bond motifs is 1. The van der Waals surface area contributed by atoms with E-state index in [1.807, 2.05) is 0 Å². The van der Waals surface area contributed by atoms with Crippen LogP contribution in [0.1, 0.15) is 5.56 Å². The van der Waals surface area contributed by atoms with Gasteiger partial charge < -0.3 is 83.9 Å². The van der Waals surface area contributed by atoms with Crippen molar-refractivity contribution in [3.05, 3.63) is 76.5 Å². The van der Waals surface area contributed by atoms with Crippen molar-refractivity contribution >= 4 is 12.0 Å². The van der Waals surface area contributed by atoms with Crippen LogP contribution in [0.4, 0.5) is 0 Å². The molecular weight excluding hydrogens is 748 g/mol. The van der Waals surface area contributed by atoms with Crippen LogP contribution in [-0.2, 0) is 23.7 Å². The normalized spacial score (nSPS) is 28.0. The highest BCUT2D eigenvalue weighted by molar-refractivity contribution is 5.87. The van der Waals surface area contributed by atoms with Gasteiger partial charge in [0.2, 0.25) is 6.29 Å². The Morgan fingerprint density at radius 3 is 2.05 bits per heavy atom. The van der Waals surface area contributed by atoms with E-state index in [0.29, 0.717) is 5.56 Å². The van der Waals surface area contributed by atoms with Crippen LogP contribution in [0.2, 0.25) is 0 Å². The fraction of sp³-hybridized carbons (Fsp3) is 0.351. The number of phenolic OH excluding ortho intramolecular Hbond substituents is 4. The average molecular weight is 787 g/mol. The first-order chi connectivity index (χ1) is 26.6. The van der Waals surface area contributed by atoms with Crippen LogP contribution in [-0.4, -0.2) is 139 Å². The smallest absolute Gasteiger partial charge is 0.330 e. The largest absolute Gasteiger partial charge is 0.507 e. The number of aromatic hydroxyl groups is 4. The number of rotatable bonds is 11. The minimum Gasteiger partial charge on any atom is -0.507 e. The van der Waals surface area contributed by atoms with Crippen LogP contribution in [0.5, 0.6) is 34.5 Å². The van der Waals surface area contributed by atoms with E-state index in [9.17, 15) is 60.7 Å². The molecule has 4 aliphatic rings. The van der Waals surface area contributed by atoms with Gasteiger partial charge in [0.1, 0.15) is 66.9 Å². The highest BCUT2D eigenvalue weighted by Crippen LogP contribution is 2.43. The molecule has 0 bridgehead atoms. The molecule has 0 spiro atoms. The Labute approximate surface area is 315 Å². The van der Waals surface area contributed by atoms with Gasteiger partial charge in [-0.15, -0.1) is 0 Å². The van der Waals surface area contributed by atoms with E-state index in [1.165, 1.54) is 43.5 Å². The topological polar surface area (TPSA) is 305 Å². The van der Waals surface area contributed by atoms with Crippen molar-refractivity contribution in [1.29, 1.82) is 0 Å². The number of methoxy groups -OCH3 is 1. The Balaban J connectivity index is 1.15. The second-order valence-electron chi connectivity index (χ2n) is 12.9. The van der Waals surface area contributed by atoms with Crippen LogP contribution in [0.3, 0.4) is 0 Å². The SMILES string of the molecule is COc1cc(C=CC(=O)OC[C@H]2O[C@@H](OC[C@H]3O[C@@H](Oc4cc5c(O)cc(=O)cc-5oc4-c4ccc(O)c(O)c4)[C@H](O)[C@@H](O)[C@@H]3O)[C@H](O)[C@@H](O)[C@@H]2O)ccc1O. The summed E-state index contributed by atoms with van der Waals surface area (Å²) in [5.74, 6) is -2.88. The van der Waals surface area contributed by atoms with Crippen molar-refractivity contribution < 1.29 is 88.7 Å². The molecule has 300 valence electrons. The van der Waals surface area contributed by atoms with Gasteiger partial charge in [0.25, 0.3) is 0 Å². The van der Waals surface area contributed by atoms with Gasteiger partial charge in [-0.3, -0.25) is 4.79 Å². The number of hydrogen-bond donors (Lipinski definition) is 10. The lowest BCUT2D eigenvalue weighted by Gasteiger charge is -2.42. The van der Waals surface area contributed by atoms with E-state index in [4.69, 9.17) is 32.8 Å². The highest BCUT2D eigenvalue weighted by Gasteiger charge is 2.48. The van der Waals surface area contributed by atoms with Gasteiger partial charge in [0.05, 0.1) is 19.3 Å². The number of hydrogen-bond acceptors (Lipinski definition) is 19. The molecule has 56 heavy (non-hydrogen) atoms. The van der Waals surface area contributed by atoms with Gasteiger partial charge in [0, 0.05) is 23.8 Å². The maximum atomic E-state index is 12.4. The van der Waals surface area contributed by atoms with Gasteiger partial charge in [0.15, 0.2) is 46.2 Å². The Bertz CT molecular complexity index is 2080. The second kappa shape index (κ2) is 16.7. The molecule has 19 heteroatoms. The number of ether oxygens (including phenoxy) is 6. The molecule has 0 saturated carbocycles. The van der Waals surface area contributed by atoms with E-state index in [0.717, 1.165) is 30.3 Å². The maximum Gasteiger partial charge on any atom is 0.330 e. The first-order valence-corrected chi connectivity index (χ1v) is 16.9. The lowest BCUT2D eigenvalue weighted by molar-refractivity contribution is -0.323. The third-order valence-corrected chi connectivity index (χ3v) is 9.05. The molecule has 1 aliphatic carbocycles. The van der Waals surface area contributed by atoms with E-state index >= 15 is 0 Å². The molecule has 2 aromatic carbocycles. The van der Waals surface area contributed by atoms with Crippen molar-refractivity contribution in [3.8, 4) is 57.1 Å². The Hall–Kier alpha value is -5.48. The van der Waals surface area contributed by atoms with E-state index in [2.05, 4.69) is 0 Å². The van der Waals surface area contributed by atoms with Crippen molar-refractivity contribution in [3.63, 3.8) is 0 Å². The second-order valence-corrected chi connectivity index (χ2v) is 12.9. The number of phenols is 4. The average Bonchev–Trinajstić information content (AvgIpc) is 3.17. The molecule has 2 saturated heterocycles. The summed E-state index contributed by atoms with van der Waals surface area (Å²) in [6.07, 6.45) is -15.2.